The maximum Gasteiger partial charge on any atom is 0.127 e. The van der Waals surface area contributed by atoms with Crippen molar-refractivity contribution in [3.8, 4) is 0 Å². The summed E-state index contributed by atoms with van der Waals surface area (Å²) in [5.74, 6) is 1.56. The molecule has 4 heteroatoms. The van der Waals surface area contributed by atoms with E-state index in [2.05, 4.69) is 64.8 Å². The van der Waals surface area contributed by atoms with Gasteiger partial charge in [0, 0.05) is 12.7 Å². The normalized spacial score (nSPS) is 16.5. The molecule has 1 aromatic carbocycles. The minimum Gasteiger partial charge on any atom is -0.366 e. The third kappa shape index (κ3) is 3.15. The van der Waals surface area contributed by atoms with Gasteiger partial charge in [0.25, 0.3) is 0 Å². The third-order valence-electron chi connectivity index (χ3n) is 5.03. The molecule has 2 aromatic heterocycles. The van der Waals surface area contributed by atoms with Crippen molar-refractivity contribution in [1.29, 1.82) is 0 Å². The summed E-state index contributed by atoms with van der Waals surface area (Å²) in [6.45, 7) is 3.14. The van der Waals surface area contributed by atoms with Crippen molar-refractivity contribution in [1.82, 2.24) is 14.9 Å². The number of aromatic nitrogens is 2. The number of pyridine rings is 1. The number of hydrogen-bond acceptors (Lipinski definition) is 3. The Morgan fingerprint density at radius 1 is 1.12 bits per heavy atom. The SMILES string of the molecule is CN1CCC(c2c[nH]c3ccc(NCc4ccccc4)nc23)CC1. The summed E-state index contributed by atoms with van der Waals surface area (Å²) < 4.78 is 0. The van der Waals surface area contributed by atoms with Crippen LogP contribution >= 0.6 is 0 Å². The largest absolute Gasteiger partial charge is 0.366 e. The smallest absolute Gasteiger partial charge is 0.127 e. The van der Waals surface area contributed by atoms with Gasteiger partial charge in [-0.25, -0.2) is 4.98 Å². The van der Waals surface area contributed by atoms with Crippen LogP contribution in [0, 0.1) is 0 Å². The van der Waals surface area contributed by atoms with Gasteiger partial charge in [-0.05, 0) is 62.2 Å². The Morgan fingerprint density at radius 3 is 2.71 bits per heavy atom. The van der Waals surface area contributed by atoms with E-state index in [0.29, 0.717) is 5.92 Å². The molecule has 0 spiro atoms. The summed E-state index contributed by atoms with van der Waals surface area (Å²) in [5.41, 5.74) is 4.90. The number of fused-ring (bicyclic) bond motifs is 1. The van der Waals surface area contributed by atoms with Crippen LogP contribution in [-0.2, 0) is 6.54 Å². The van der Waals surface area contributed by atoms with Crippen LogP contribution in [0.15, 0.2) is 48.7 Å². The number of likely N-dealkylation sites (tertiary alicyclic amines) is 1. The molecule has 0 radical (unpaired) electrons. The lowest BCUT2D eigenvalue weighted by molar-refractivity contribution is 0.256. The van der Waals surface area contributed by atoms with Crippen molar-refractivity contribution < 1.29 is 0 Å². The van der Waals surface area contributed by atoms with Crippen LogP contribution in [-0.4, -0.2) is 35.0 Å². The average molecular weight is 320 g/mol. The van der Waals surface area contributed by atoms with Crippen molar-refractivity contribution in [2.24, 2.45) is 0 Å². The third-order valence-corrected chi connectivity index (χ3v) is 5.03. The van der Waals surface area contributed by atoms with Gasteiger partial charge in [-0.3, -0.25) is 0 Å². The highest BCUT2D eigenvalue weighted by Gasteiger charge is 2.21. The number of nitrogens with zero attached hydrogens (tertiary/aromatic N) is 2. The molecule has 1 aliphatic rings. The highest BCUT2D eigenvalue weighted by Crippen LogP contribution is 2.32. The van der Waals surface area contributed by atoms with E-state index >= 15 is 0 Å². The molecule has 1 fully saturated rings. The quantitative estimate of drug-likeness (QED) is 0.764. The first kappa shape index (κ1) is 15.2. The lowest BCUT2D eigenvalue weighted by Crippen LogP contribution is -2.29. The molecule has 124 valence electrons. The minimum atomic E-state index is 0.617. The van der Waals surface area contributed by atoms with Crippen LogP contribution in [0.2, 0.25) is 0 Å². The van der Waals surface area contributed by atoms with E-state index in [1.165, 1.54) is 37.1 Å². The molecule has 2 N–H and O–H groups in total. The van der Waals surface area contributed by atoms with Crippen LogP contribution in [0.25, 0.3) is 11.0 Å². The molecule has 3 aromatic rings. The summed E-state index contributed by atoms with van der Waals surface area (Å²) in [7, 11) is 2.20. The zero-order valence-electron chi connectivity index (χ0n) is 14.1. The maximum absolute atomic E-state index is 4.89. The molecule has 0 atom stereocenters. The van der Waals surface area contributed by atoms with Gasteiger partial charge in [-0.1, -0.05) is 30.3 Å². The van der Waals surface area contributed by atoms with Crippen LogP contribution < -0.4 is 5.32 Å². The Kier molecular flexibility index (Phi) is 4.22. The first-order chi connectivity index (χ1) is 11.8. The van der Waals surface area contributed by atoms with E-state index in [4.69, 9.17) is 4.98 Å². The predicted molar refractivity (Wildman–Crippen MR) is 99.3 cm³/mol. The molecular formula is C20H24N4. The van der Waals surface area contributed by atoms with E-state index in [0.717, 1.165) is 23.4 Å². The summed E-state index contributed by atoms with van der Waals surface area (Å²) >= 11 is 0. The number of benzene rings is 1. The van der Waals surface area contributed by atoms with E-state index < -0.39 is 0 Å². The fourth-order valence-corrected chi connectivity index (χ4v) is 3.54. The van der Waals surface area contributed by atoms with Crippen molar-refractivity contribution in [2.45, 2.75) is 25.3 Å². The second-order valence-corrected chi connectivity index (χ2v) is 6.75. The van der Waals surface area contributed by atoms with Crippen LogP contribution in [0.3, 0.4) is 0 Å². The number of piperidine rings is 1. The van der Waals surface area contributed by atoms with Gasteiger partial charge < -0.3 is 15.2 Å². The van der Waals surface area contributed by atoms with E-state index in [9.17, 15) is 0 Å². The van der Waals surface area contributed by atoms with Gasteiger partial charge in [-0.15, -0.1) is 0 Å². The Balaban J connectivity index is 1.54. The molecule has 1 aliphatic heterocycles. The lowest BCUT2D eigenvalue weighted by Gasteiger charge is -2.28. The van der Waals surface area contributed by atoms with Gasteiger partial charge in [-0.2, -0.15) is 0 Å². The van der Waals surface area contributed by atoms with Gasteiger partial charge in [0.15, 0.2) is 0 Å². The fourth-order valence-electron chi connectivity index (χ4n) is 3.54. The molecule has 1 saturated heterocycles. The van der Waals surface area contributed by atoms with Gasteiger partial charge in [0.2, 0.25) is 0 Å². The molecule has 0 aliphatic carbocycles. The molecule has 0 amide bonds. The number of anilines is 1. The topological polar surface area (TPSA) is 44.0 Å². The summed E-state index contributed by atoms with van der Waals surface area (Å²) in [6.07, 6.45) is 4.59. The first-order valence-corrected chi connectivity index (χ1v) is 8.74. The lowest BCUT2D eigenvalue weighted by atomic mass is 9.91. The number of rotatable bonds is 4. The molecular weight excluding hydrogens is 296 g/mol. The molecule has 3 heterocycles. The zero-order chi connectivity index (χ0) is 16.4. The summed E-state index contributed by atoms with van der Waals surface area (Å²) in [4.78, 5) is 10.7. The second kappa shape index (κ2) is 6.65. The molecule has 0 bridgehead atoms. The van der Waals surface area contributed by atoms with Gasteiger partial charge in [0.1, 0.15) is 5.82 Å². The van der Waals surface area contributed by atoms with Gasteiger partial charge >= 0.3 is 0 Å². The summed E-state index contributed by atoms with van der Waals surface area (Å²) in [5, 5.41) is 3.45. The highest BCUT2D eigenvalue weighted by molar-refractivity contribution is 5.81. The summed E-state index contributed by atoms with van der Waals surface area (Å²) in [6, 6.07) is 14.6. The highest BCUT2D eigenvalue weighted by atomic mass is 15.1. The number of H-pyrrole nitrogens is 1. The van der Waals surface area contributed by atoms with Crippen molar-refractivity contribution in [2.75, 3.05) is 25.5 Å². The van der Waals surface area contributed by atoms with Crippen LogP contribution in [0.4, 0.5) is 5.82 Å². The molecule has 24 heavy (non-hydrogen) atoms. The van der Waals surface area contributed by atoms with E-state index in [1.807, 2.05) is 6.07 Å². The molecule has 4 nitrogen and oxygen atoms in total. The number of nitrogens with one attached hydrogen (secondary N) is 2. The minimum absolute atomic E-state index is 0.617. The van der Waals surface area contributed by atoms with Crippen molar-refractivity contribution in [3.05, 3.63) is 59.8 Å². The monoisotopic (exact) mass is 320 g/mol. The zero-order valence-corrected chi connectivity index (χ0v) is 14.1. The maximum atomic E-state index is 4.89. The molecule has 0 saturated carbocycles. The average Bonchev–Trinajstić information content (AvgIpc) is 3.05. The molecule has 0 unspecified atom stereocenters. The second-order valence-electron chi connectivity index (χ2n) is 6.75. The Morgan fingerprint density at radius 2 is 1.92 bits per heavy atom. The van der Waals surface area contributed by atoms with Crippen LogP contribution in [0.1, 0.15) is 29.9 Å². The number of aromatic amines is 1. The predicted octanol–water partition coefficient (Wildman–Crippen LogP) is 3.98. The van der Waals surface area contributed by atoms with Crippen LogP contribution in [0.5, 0.6) is 0 Å². The number of hydrogen-bond donors (Lipinski definition) is 2. The Hall–Kier alpha value is -2.33. The Bertz CT molecular complexity index is 801. The van der Waals surface area contributed by atoms with E-state index in [-0.39, 0.29) is 0 Å². The Labute approximate surface area is 142 Å². The fraction of sp³-hybridized carbons (Fsp3) is 0.350. The van der Waals surface area contributed by atoms with Crippen molar-refractivity contribution in [3.63, 3.8) is 0 Å². The molecule has 4 rings (SSSR count). The van der Waals surface area contributed by atoms with Crippen molar-refractivity contribution >= 4 is 16.9 Å². The van der Waals surface area contributed by atoms with E-state index in [1.54, 1.807) is 0 Å². The van der Waals surface area contributed by atoms with Gasteiger partial charge in [0.05, 0.1) is 11.0 Å². The standard InChI is InChI=1S/C20H24N4/c1-24-11-9-16(10-12-24)17-14-21-18-7-8-19(23-20(17)18)22-13-15-5-3-2-4-6-15/h2-8,14,16,21H,9-13H2,1H3,(H,22,23). The first-order valence-electron chi connectivity index (χ1n) is 8.74.